The maximum atomic E-state index is 10.6. The zero-order valence-electron chi connectivity index (χ0n) is 7.09. The van der Waals surface area contributed by atoms with E-state index in [0.29, 0.717) is 0 Å². The van der Waals surface area contributed by atoms with Gasteiger partial charge in [0, 0.05) is 5.69 Å². The molecule has 1 aromatic rings. The molecule has 12 heavy (non-hydrogen) atoms. The van der Waals surface area contributed by atoms with Crippen molar-refractivity contribution in [3.8, 4) is 0 Å². The molecule has 3 heteroatoms. The molecule has 0 atom stereocenters. The molecule has 0 aromatic heterocycles. The molecule has 0 saturated carbocycles. The normalized spacial score (nSPS) is 9.58. The lowest BCUT2D eigenvalue weighted by molar-refractivity contribution is 0.270. The van der Waals surface area contributed by atoms with Crippen LogP contribution in [0.2, 0.25) is 0 Å². The number of nitrogens with one attached hydrogen (secondary N) is 1. The Balaban J connectivity index is 2.93. The number of hydrogen-bond acceptors (Lipinski definition) is 1. The molecule has 0 heterocycles. The van der Waals surface area contributed by atoms with Crippen LogP contribution >= 0.6 is 12.6 Å². The summed E-state index contributed by atoms with van der Waals surface area (Å²) in [6, 6.07) is 5.84. The van der Waals surface area contributed by atoms with E-state index in [0.717, 1.165) is 11.3 Å². The molecule has 0 saturated heterocycles. The lowest BCUT2D eigenvalue weighted by Gasteiger charge is -2.05. The zero-order chi connectivity index (χ0) is 9.14. The molecule has 0 aliphatic heterocycles. The van der Waals surface area contributed by atoms with E-state index in [1.54, 1.807) is 0 Å². The minimum atomic E-state index is -0.332. The van der Waals surface area contributed by atoms with Gasteiger partial charge in [-0.05, 0) is 25.5 Å². The number of rotatable bonds is 1. The van der Waals surface area contributed by atoms with Gasteiger partial charge in [-0.25, -0.2) is 0 Å². The summed E-state index contributed by atoms with van der Waals surface area (Å²) in [7, 11) is 0. The third kappa shape index (κ3) is 2.27. The smallest absolute Gasteiger partial charge is 0.280 e. The number of amides is 1. The quantitative estimate of drug-likeness (QED) is 0.641. The minimum absolute atomic E-state index is 0.332. The predicted molar refractivity (Wildman–Crippen MR) is 53.9 cm³/mol. The van der Waals surface area contributed by atoms with Crippen molar-refractivity contribution in [2.75, 3.05) is 5.32 Å². The van der Waals surface area contributed by atoms with Gasteiger partial charge in [-0.2, -0.15) is 0 Å². The van der Waals surface area contributed by atoms with Crippen molar-refractivity contribution in [2.45, 2.75) is 13.8 Å². The van der Waals surface area contributed by atoms with Crippen LogP contribution in [0.15, 0.2) is 18.2 Å². The predicted octanol–water partition coefficient (Wildman–Crippen LogP) is 2.77. The Morgan fingerprint density at radius 2 is 2.08 bits per heavy atom. The molecule has 0 fully saturated rings. The van der Waals surface area contributed by atoms with Crippen LogP contribution in [-0.2, 0) is 0 Å². The molecular weight excluding hydrogens is 170 g/mol. The SMILES string of the molecule is Cc1ccc(NC(=O)S)c(C)c1. The first-order chi connectivity index (χ1) is 5.59. The first-order valence-electron chi connectivity index (χ1n) is 3.67. The molecule has 0 aliphatic rings. The van der Waals surface area contributed by atoms with E-state index in [1.165, 1.54) is 5.56 Å². The molecule has 0 radical (unpaired) electrons. The summed E-state index contributed by atoms with van der Waals surface area (Å²) < 4.78 is 0. The second kappa shape index (κ2) is 3.63. The van der Waals surface area contributed by atoms with Crippen molar-refractivity contribution in [3.63, 3.8) is 0 Å². The van der Waals surface area contributed by atoms with Crippen LogP contribution in [0.4, 0.5) is 10.5 Å². The van der Waals surface area contributed by atoms with Crippen LogP contribution in [0.5, 0.6) is 0 Å². The lowest BCUT2D eigenvalue weighted by Crippen LogP contribution is -2.02. The molecule has 1 amide bonds. The van der Waals surface area contributed by atoms with Crippen LogP contribution in [0.25, 0.3) is 0 Å². The topological polar surface area (TPSA) is 29.1 Å². The highest BCUT2D eigenvalue weighted by Gasteiger charge is 1.99. The van der Waals surface area contributed by atoms with E-state index in [-0.39, 0.29) is 5.24 Å². The van der Waals surface area contributed by atoms with Gasteiger partial charge in [0.05, 0.1) is 0 Å². The van der Waals surface area contributed by atoms with E-state index < -0.39 is 0 Å². The number of thiol groups is 1. The Morgan fingerprint density at radius 1 is 1.42 bits per heavy atom. The van der Waals surface area contributed by atoms with Gasteiger partial charge in [-0.3, -0.25) is 4.79 Å². The van der Waals surface area contributed by atoms with Gasteiger partial charge < -0.3 is 5.32 Å². The molecule has 2 nitrogen and oxygen atoms in total. The van der Waals surface area contributed by atoms with Gasteiger partial charge in [0.15, 0.2) is 0 Å². The number of benzene rings is 1. The second-order valence-electron chi connectivity index (χ2n) is 2.75. The molecule has 0 spiro atoms. The summed E-state index contributed by atoms with van der Waals surface area (Å²) >= 11 is 3.63. The van der Waals surface area contributed by atoms with Crippen molar-refractivity contribution in [3.05, 3.63) is 29.3 Å². The van der Waals surface area contributed by atoms with Crippen LogP contribution < -0.4 is 5.32 Å². The minimum Gasteiger partial charge on any atom is -0.317 e. The maximum absolute atomic E-state index is 10.6. The largest absolute Gasteiger partial charge is 0.317 e. The molecule has 0 unspecified atom stereocenters. The Morgan fingerprint density at radius 3 is 2.58 bits per heavy atom. The third-order valence-electron chi connectivity index (χ3n) is 1.62. The number of carbonyl (C=O) groups excluding carboxylic acids is 1. The molecule has 0 aliphatic carbocycles. The van der Waals surface area contributed by atoms with E-state index in [2.05, 4.69) is 17.9 Å². The highest BCUT2D eigenvalue weighted by molar-refractivity contribution is 7.96. The van der Waals surface area contributed by atoms with Crippen LogP contribution in [0.1, 0.15) is 11.1 Å². The van der Waals surface area contributed by atoms with Crippen molar-refractivity contribution in [2.24, 2.45) is 0 Å². The average molecular weight is 181 g/mol. The van der Waals surface area contributed by atoms with E-state index in [9.17, 15) is 4.79 Å². The summed E-state index contributed by atoms with van der Waals surface area (Å²) in [6.07, 6.45) is 0. The van der Waals surface area contributed by atoms with Crippen molar-refractivity contribution in [1.82, 2.24) is 0 Å². The van der Waals surface area contributed by atoms with E-state index >= 15 is 0 Å². The maximum Gasteiger partial charge on any atom is 0.280 e. The van der Waals surface area contributed by atoms with Gasteiger partial charge in [0.1, 0.15) is 0 Å². The van der Waals surface area contributed by atoms with E-state index in [4.69, 9.17) is 0 Å². The standard InChI is InChI=1S/C9H11NOS/c1-6-3-4-8(7(2)5-6)10-9(11)12/h3-5H,1-2H3,(H2,10,11,12). The highest BCUT2D eigenvalue weighted by Crippen LogP contribution is 2.16. The van der Waals surface area contributed by atoms with Crippen LogP contribution in [0, 0.1) is 13.8 Å². The Bertz CT molecular complexity index is 309. The number of aryl methyl sites for hydroxylation is 2. The number of carbonyl (C=O) groups is 1. The summed E-state index contributed by atoms with van der Waals surface area (Å²) in [5, 5.41) is 2.29. The van der Waals surface area contributed by atoms with Crippen molar-refractivity contribution in [1.29, 1.82) is 0 Å². The average Bonchev–Trinajstić information content (AvgIpc) is 1.94. The monoisotopic (exact) mass is 181 g/mol. The second-order valence-corrected chi connectivity index (χ2v) is 3.15. The zero-order valence-corrected chi connectivity index (χ0v) is 7.98. The van der Waals surface area contributed by atoms with Crippen LogP contribution in [0.3, 0.4) is 0 Å². The lowest BCUT2D eigenvalue weighted by atomic mass is 10.1. The molecule has 1 N–H and O–H groups in total. The van der Waals surface area contributed by atoms with Crippen molar-refractivity contribution >= 4 is 23.6 Å². The molecule has 64 valence electrons. The fraction of sp³-hybridized carbons (Fsp3) is 0.222. The molecule has 1 rings (SSSR count). The molecular formula is C9H11NOS. The fourth-order valence-corrected chi connectivity index (χ4v) is 1.19. The first-order valence-corrected chi connectivity index (χ1v) is 4.11. The summed E-state index contributed by atoms with van der Waals surface area (Å²) in [5.74, 6) is 0. The Hall–Kier alpha value is -0.960. The number of hydrogen-bond donors (Lipinski definition) is 2. The van der Waals surface area contributed by atoms with Crippen molar-refractivity contribution < 1.29 is 4.79 Å². The Labute approximate surface area is 77.4 Å². The molecule has 1 aromatic carbocycles. The summed E-state index contributed by atoms with van der Waals surface area (Å²) in [6.45, 7) is 3.96. The van der Waals surface area contributed by atoms with Crippen LogP contribution in [-0.4, -0.2) is 5.24 Å². The van der Waals surface area contributed by atoms with Gasteiger partial charge in [0.2, 0.25) is 0 Å². The molecule has 0 bridgehead atoms. The number of anilines is 1. The Kier molecular flexibility index (Phi) is 2.76. The first kappa shape index (κ1) is 9.13. The van der Waals surface area contributed by atoms with Gasteiger partial charge in [-0.15, -0.1) is 0 Å². The summed E-state index contributed by atoms with van der Waals surface area (Å²) in [4.78, 5) is 10.6. The fourth-order valence-electron chi connectivity index (χ4n) is 1.07. The highest BCUT2D eigenvalue weighted by atomic mass is 32.1. The van der Waals surface area contributed by atoms with Gasteiger partial charge in [-0.1, -0.05) is 30.3 Å². The van der Waals surface area contributed by atoms with Gasteiger partial charge >= 0.3 is 0 Å². The van der Waals surface area contributed by atoms with Gasteiger partial charge in [0.25, 0.3) is 5.24 Å². The summed E-state index contributed by atoms with van der Waals surface area (Å²) in [5.41, 5.74) is 3.06. The van der Waals surface area contributed by atoms with E-state index in [1.807, 2.05) is 32.0 Å². The third-order valence-corrected chi connectivity index (χ3v) is 1.74.